The lowest BCUT2D eigenvalue weighted by Crippen LogP contribution is -1.88. The molecule has 0 aromatic carbocycles. The average Bonchev–Trinajstić information content (AvgIpc) is 2.72. The summed E-state index contributed by atoms with van der Waals surface area (Å²) in [5.74, 6) is 0.750. The topological polar surface area (TPSA) is 12.9 Å². The molecule has 0 N–H and O–H groups in total. The summed E-state index contributed by atoms with van der Waals surface area (Å²) in [6.45, 7) is 0. The molecule has 0 saturated heterocycles. The largest absolute Gasteiger partial charge is 0.239 e. The summed E-state index contributed by atoms with van der Waals surface area (Å²) in [7, 11) is 0. The maximum absolute atomic E-state index is 6.01. The lowest BCUT2D eigenvalue weighted by Gasteiger charge is -2.02. The van der Waals surface area contributed by atoms with Crippen molar-refractivity contribution in [3.63, 3.8) is 0 Å². The highest BCUT2D eigenvalue weighted by Crippen LogP contribution is 2.29. The minimum Gasteiger partial charge on any atom is -0.239 e. The molecule has 1 nitrogen and oxygen atoms in total. The van der Waals surface area contributed by atoms with Gasteiger partial charge < -0.3 is 0 Å². The number of nitrogens with zero attached hydrogens (tertiary/aromatic N) is 1. The van der Waals surface area contributed by atoms with Gasteiger partial charge in [0.25, 0.3) is 0 Å². The van der Waals surface area contributed by atoms with Crippen LogP contribution in [0, 0.1) is 0 Å². The van der Waals surface area contributed by atoms with Crippen molar-refractivity contribution in [2.24, 2.45) is 0 Å². The Hall–Kier alpha value is -0.220. The van der Waals surface area contributed by atoms with Crippen molar-refractivity contribution >= 4 is 46.3 Å². The smallest absolute Gasteiger partial charge is 0.129 e. The van der Waals surface area contributed by atoms with E-state index in [1.807, 2.05) is 6.07 Å². The summed E-state index contributed by atoms with van der Waals surface area (Å²) in [6, 6.07) is 7.58. The van der Waals surface area contributed by atoms with Gasteiger partial charge in [0.05, 0.1) is 14.9 Å². The Morgan fingerprint density at radius 3 is 2.87 bits per heavy atom. The molecule has 5 heteroatoms. The molecule has 2 aromatic rings. The molecule has 0 fully saturated rings. The third kappa shape index (κ3) is 3.11. The maximum atomic E-state index is 6.01. The highest BCUT2D eigenvalue weighted by atomic mass is 35.5. The van der Waals surface area contributed by atoms with Gasteiger partial charge in [-0.25, -0.2) is 4.98 Å². The van der Waals surface area contributed by atoms with Crippen LogP contribution in [0.4, 0.5) is 0 Å². The molecular formula is C10H7Cl2NS2. The zero-order chi connectivity index (χ0) is 10.7. The monoisotopic (exact) mass is 275 g/mol. The predicted molar refractivity (Wildman–Crippen MR) is 68.1 cm³/mol. The van der Waals surface area contributed by atoms with Gasteiger partial charge in [-0.1, -0.05) is 29.3 Å². The van der Waals surface area contributed by atoms with Crippen LogP contribution < -0.4 is 0 Å². The van der Waals surface area contributed by atoms with Crippen LogP contribution >= 0.6 is 46.3 Å². The summed E-state index contributed by atoms with van der Waals surface area (Å²) >= 11 is 15.2. The van der Waals surface area contributed by atoms with Crippen molar-refractivity contribution in [1.82, 2.24) is 4.98 Å². The van der Waals surface area contributed by atoms with E-state index in [-0.39, 0.29) is 0 Å². The Balaban J connectivity index is 2.07. The highest BCUT2D eigenvalue weighted by Gasteiger charge is 2.04. The number of halogens is 2. The second-order valence-corrected chi connectivity index (χ2v) is 5.80. The van der Waals surface area contributed by atoms with E-state index in [9.17, 15) is 0 Å². The van der Waals surface area contributed by atoms with Crippen LogP contribution in [0.5, 0.6) is 0 Å². The summed E-state index contributed by atoms with van der Waals surface area (Å²) in [4.78, 5) is 4.19. The number of aromatic nitrogens is 1. The van der Waals surface area contributed by atoms with Crippen molar-refractivity contribution in [3.8, 4) is 0 Å². The van der Waals surface area contributed by atoms with E-state index in [4.69, 9.17) is 23.2 Å². The van der Waals surface area contributed by atoms with Gasteiger partial charge in [-0.3, -0.25) is 0 Å². The van der Waals surface area contributed by atoms with Gasteiger partial charge in [-0.2, -0.15) is 0 Å². The number of hydrogen-bond donors (Lipinski definition) is 0. The molecule has 2 heterocycles. The molecule has 0 aliphatic carbocycles. The molecule has 0 aliphatic heterocycles. The van der Waals surface area contributed by atoms with Crippen molar-refractivity contribution in [2.45, 2.75) is 9.96 Å². The first-order valence-electron chi connectivity index (χ1n) is 4.23. The van der Waals surface area contributed by atoms with Crippen molar-refractivity contribution in [2.75, 3.05) is 0 Å². The minimum atomic E-state index is 0.487. The fraction of sp³-hybridized carbons (Fsp3) is 0.100. The van der Waals surface area contributed by atoms with Crippen LogP contribution in [-0.2, 0) is 5.75 Å². The SMILES string of the molecule is Clc1ccc(Cl)c(CSc2cccs2)n1. The van der Waals surface area contributed by atoms with Crippen LogP contribution in [-0.4, -0.2) is 4.98 Å². The quantitative estimate of drug-likeness (QED) is 0.593. The molecule has 0 amide bonds. The summed E-state index contributed by atoms with van der Waals surface area (Å²) in [5.41, 5.74) is 0.836. The van der Waals surface area contributed by atoms with Crippen LogP contribution in [0.25, 0.3) is 0 Å². The zero-order valence-corrected chi connectivity index (χ0v) is 10.8. The van der Waals surface area contributed by atoms with Gasteiger partial charge in [-0.05, 0) is 23.6 Å². The lowest BCUT2D eigenvalue weighted by atomic mass is 10.4. The molecule has 0 saturated carbocycles. The second kappa shape index (κ2) is 5.21. The van der Waals surface area contributed by atoms with Gasteiger partial charge in [0.1, 0.15) is 5.15 Å². The molecule has 0 aliphatic rings. The highest BCUT2D eigenvalue weighted by molar-refractivity contribution is 8.00. The van der Waals surface area contributed by atoms with E-state index in [1.54, 1.807) is 35.2 Å². The third-order valence-electron chi connectivity index (χ3n) is 1.73. The molecule has 0 radical (unpaired) electrons. The van der Waals surface area contributed by atoms with E-state index in [2.05, 4.69) is 16.4 Å². The standard InChI is InChI=1S/C10H7Cl2NS2/c11-7-3-4-9(12)13-8(7)6-15-10-2-1-5-14-10/h1-5H,6H2. The molecule has 78 valence electrons. The predicted octanol–water partition coefficient (Wildman–Crippen LogP) is 4.74. The van der Waals surface area contributed by atoms with Gasteiger partial charge in [0.2, 0.25) is 0 Å². The number of thiophene rings is 1. The maximum Gasteiger partial charge on any atom is 0.129 e. The zero-order valence-electron chi connectivity index (χ0n) is 7.61. The Morgan fingerprint density at radius 1 is 1.27 bits per heavy atom. The lowest BCUT2D eigenvalue weighted by molar-refractivity contribution is 1.18. The first kappa shape index (κ1) is 11.3. The van der Waals surface area contributed by atoms with Gasteiger partial charge in [-0.15, -0.1) is 23.1 Å². The second-order valence-electron chi connectivity index (χ2n) is 2.78. The Kier molecular flexibility index (Phi) is 3.92. The van der Waals surface area contributed by atoms with Gasteiger partial charge >= 0.3 is 0 Å². The molecule has 2 rings (SSSR count). The van der Waals surface area contributed by atoms with Gasteiger partial charge in [0, 0.05) is 5.75 Å². The average molecular weight is 276 g/mol. The molecule has 2 aromatic heterocycles. The Morgan fingerprint density at radius 2 is 2.13 bits per heavy atom. The molecule has 0 atom stereocenters. The normalized spacial score (nSPS) is 10.5. The fourth-order valence-corrected chi connectivity index (χ4v) is 3.20. The Labute approximate surface area is 106 Å². The fourth-order valence-electron chi connectivity index (χ4n) is 1.04. The van der Waals surface area contributed by atoms with E-state index in [0.717, 1.165) is 11.4 Å². The number of rotatable bonds is 3. The number of pyridine rings is 1. The Bertz CT molecular complexity index is 443. The van der Waals surface area contributed by atoms with Crippen LogP contribution in [0.15, 0.2) is 33.9 Å². The van der Waals surface area contributed by atoms with E-state index in [1.165, 1.54) is 4.21 Å². The summed E-state index contributed by atoms with van der Waals surface area (Å²) in [5, 5.41) is 3.21. The molecule has 15 heavy (non-hydrogen) atoms. The van der Waals surface area contributed by atoms with Crippen LogP contribution in [0.2, 0.25) is 10.2 Å². The van der Waals surface area contributed by atoms with Gasteiger partial charge in [0.15, 0.2) is 0 Å². The van der Waals surface area contributed by atoms with Crippen molar-refractivity contribution < 1.29 is 0 Å². The molecule has 0 bridgehead atoms. The minimum absolute atomic E-state index is 0.487. The number of thioether (sulfide) groups is 1. The summed E-state index contributed by atoms with van der Waals surface area (Å²) in [6.07, 6.45) is 0. The summed E-state index contributed by atoms with van der Waals surface area (Å²) < 4.78 is 1.26. The molecule has 0 unspecified atom stereocenters. The molecule has 0 spiro atoms. The third-order valence-corrected chi connectivity index (χ3v) is 4.43. The number of hydrogen-bond acceptors (Lipinski definition) is 3. The van der Waals surface area contributed by atoms with E-state index < -0.39 is 0 Å². The van der Waals surface area contributed by atoms with E-state index >= 15 is 0 Å². The van der Waals surface area contributed by atoms with Crippen molar-refractivity contribution in [3.05, 3.63) is 45.5 Å². The van der Waals surface area contributed by atoms with Crippen LogP contribution in [0.3, 0.4) is 0 Å². The van der Waals surface area contributed by atoms with E-state index in [0.29, 0.717) is 10.2 Å². The first-order valence-corrected chi connectivity index (χ1v) is 6.85. The first-order chi connectivity index (χ1) is 7.25. The van der Waals surface area contributed by atoms with Crippen molar-refractivity contribution in [1.29, 1.82) is 0 Å². The molecular weight excluding hydrogens is 269 g/mol. The van der Waals surface area contributed by atoms with Crippen LogP contribution in [0.1, 0.15) is 5.69 Å².